The number of rotatable bonds is 7. The van der Waals surface area contributed by atoms with E-state index in [9.17, 15) is 17.6 Å². The van der Waals surface area contributed by atoms with Crippen LogP contribution in [0.5, 0.6) is 11.5 Å². The zero-order valence-corrected chi connectivity index (χ0v) is 18.3. The van der Waals surface area contributed by atoms with Gasteiger partial charge in [0, 0.05) is 11.5 Å². The fourth-order valence-corrected chi connectivity index (χ4v) is 3.97. The summed E-state index contributed by atoms with van der Waals surface area (Å²) in [6.07, 6.45) is 0. The van der Waals surface area contributed by atoms with Crippen molar-refractivity contribution in [1.29, 1.82) is 0 Å². The Kier molecular flexibility index (Phi) is 6.86. The maximum absolute atomic E-state index is 14.4. The third kappa shape index (κ3) is 5.24. The second-order valence-corrected chi connectivity index (χ2v) is 9.25. The average Bonchev–Trinajstić information content (AvgIpc) is 2.71. The number of para-hydroxylation sites is 2. The van der Waals surface area contributed by atoms with E-state index in [-0.39, 0.29) is 16.3 Å². The predicted octanol–water partition coefficient (Wildman–Crippen LogP) is 4.64. The van der Waals surface area contributed by atoms with Crippen LogP contribution in [-0.4, -0.2) is 32.2 Å². The molecule has 1 amide bonds. The summed E-state index contributed by atoms with van der Waals surface area (Å²) < 4.78 is 46.9. The molecule has 9 heteroatoms. The van der Waals surface area contributed by atoms with E-state index >= 15 is 0 Å². The van der Waals surface area contributed by atoms with Crippen LogP contribution in [0.15, 0.2) is 82.2 Å². The second kappa shape index (κ2) is 9.38. The molecular weight excluding hydrogens is 475 g/mol. The third-order valence-electron chi connectivity index (χ3n) is 4.10. The predicted molar refractivity (Wildman–Crippen MR) is 116 cm³/mol. The fourth-order valence-electron chi connectivity index (χ4n) is 2.58. The van der Waals surface area contributed by atoms with Gasteiger partial charge in [0.2, 0.25) is 15.9 Å². The Morgan fingerprint density at radius 1 is 1.03 bits per heavy atom. The van der Waals surface area contributed by atoms with E-state index in [2.05, 4.69) is 21.2 Å². The first kappa shape index (κ1) is 21.9. The van der Waals surface area contributed by atoms with Gasteiger partial charge in [0.1, 0.15) is 11.4 Å². The van der Waals surface area contributed by atoms with E-state index in [1.807, 2.05) is 6.07 Å². The van der Waals surface area contributed by atoms with Crippen LogP contribution >= 0.6 is 15.9 Å². The summed E-state index contributed by atoms with van der Waals surface area (Å²) in [5.74, 6) is -0.835. The van der Waals surface area contributed by atoms with Gasteiger partial charge in [-0.15, -0.1) is 0 Å². The number of likely N-dealkylation sites (N-methyl/N-ethyl adjacent to an activating group) is 1. The molecule has 30 heavy (non-hydrogen) atoms. The molecule has 0 aliphatic carbocycles. The van der Waals surface area contributed by atoms with Gasteiger partial charge in [-0.3, -0.25) is 4.79 Å². The van der Waals surface area contributed by atoms with Crippen molar-refractivity contribution >= 4 is 37.5 Å². The molecule has 0 aliphatic heterocycles. The highest BCUT2D eigenvalue weighted by Gasteiger charge is 2.24. The van der Waals surface area contributed by atoms with E-state index in [4.69, 9.17) is 4.74 Å². The molecule has 6 nitrogen and oxygen atoms in total. The lowest BCUT2D eigenvalue weighted by Gasteiger charge is -2.18. The molecule has 0 radical (unpaired) electrons. The van der Waals surface area contributed by atoms with Crippen LogP contribution in [0.3, 0.4) is 0 Å². The molecule has 0 aliphatic rings. The lowest BCUT2D eigenvalue weighted by molar-refractivity contribution is -0.116. The molecule has 0 saturated carbocycles. The minimum absolute atomic E-state index is 0.0417. The zero-order chi connectivity index (χ0) is 21.7. The number of nitrogens with one attached hydrogen (secondary N) is 1. The molecule has 156 valence electrons. The van der Waals surface area contributed by atoms with Crippen molar-refractivity contribution in [3.8, 4) is 11.5 Å². The minimum Gasteiger partial charge on any atom is -0.455 e. The number of nitrogens with zero attached hydrogens (tertiary/aromatic N) is 1. The number of hydrogen-bond acceptors (Lipinski definition) is 4. The summed E-state index contributed by atoms with van der Waals surface area (Å²) in [7, 11) is -2.61. The molecular formula is C21H18BrFN2O4S. The molecule has 0 unspecified atom stereocenters. The van der Waals surface area contributed by atoms with Gasteiger partial charge in [0.15, 0.2) is 11.6 Å². The van der Waals surface area contributed by atoms with E-state index in [0.29, 0.717) is 5.75 Å². The standard InChI is InChI=1S/C21H18BrFN2O4S/c1-25(30(27,28)17-12-10-15(22)11-13-17)14-20(26)24-21-18(23)8-5-9-19(21)29-16-6-3-2-4-7-16/h2-13H,14H2,1H3,(H,24,26). The molecule has 0 bridgehead atoms. The number of benzene rings is 3. The minimum atomic E-state index is -3.89. The average molecular weight is 493 g/mol. The number of sulfonamides is 1. The second-order valence-electron chi connectivity index (χ2n) is 6.29. The maximum Gasteiger partial charge on any atom is 0.243 e. The molecule has 0 spiro atoms. The van der Waals surface area contributed by atoms with Gasteiger partial charge in [0.05, 0.1) is 11.4 Å². The monoisotopic (exact) mass is 492 g/mol. The van der Waals surface area contributed by atoms with Crippen LogP contribution in [0.25, 0.3) is 0 Å². The Morgan fingerprint density at radius 3 is 2.37 bits per heavy atom. The fraction of sp³-hybridized carbons (Fsp3) is 0.0952. The van der Waals surface area contributed by atoms with Crippen molar-refractivity contribution in [2.45, 2.75) is 4.90 Å². The van der Waals surface area contributed by atoms with Crippen LogP contribution in [0.4, 0.5) is 10.1 Å². The van der Waals surface area contributed by atoms with Crippen LogP contribution in [-0.2, 0) is 14.8 Å². The number of ether oxygens (including phenoxy) is 1. The summed E-state index contributed by atoms with van der Waals surface area (Å²) >= 11 is 3.24. The van der Waals surface area contributed by atoms with E-state index in [0.717, 1.165) is 8.78 Å². The van der Waals surface area contributed by atoms with Gasteiger partial charge in [-0.05, 0) is 48.5 Å². The highest BCUT2D eigenvalue weighted by molar-refractivity contribution is 9.10. The molecule has 0 atom stereocenters. The largest absolute Gasteiger partial charge is 0.455 e. The summed E-state index contributed by atoms with van der Waals surface area (Å²) in [6.45, 7) is -0.502. The Hall–Kier alpha value is -2.75. The molecule has 0 fully saturated rings. The van der Waals surface area contributed by atoms with Gasteiger partial charge in [-0.2, -0.15) is 4.31 Å². The molecule has 0 saturated heterocycles. The van der Waals surface area contributed by atoms with Crippen LogP contribution in [0, 0.1) is 5.82 Å². The summed E-state index contributed by atoms with van der Waals surface area (Å²) in [6, 6.07) is 18.9. The highest BCUT2D eigenvalue weighted by atomic mass is 79.9. The molecule has 0 aromatic heterocycles. The smallest absolute Gasteiger partial charge is 0.243 e. The van der Waals surface area contributed by atoms with Gasteiger partial charge >= 0.3 is 0 Å². The summed E-state index contributed by atoms with van der Waals surface area (Å²) in [5.41, 5.74) is -0.166. The number of amides is 1. The zero-order valence-electron chi connectivity index (χ0n) is 15.9. The third-order valence-corrected chi connectivity index (χ3v) is 6.45. The summed E-state index contributed by atoms with van der Waals surface area (Å²) in [4.78, 5) is 12.5. The van der Waals surface area contributed by atoms with Gasteiger partial charge in [0.25, 0.3) is 0 Å². The van der Waals surface area contributed by atoms with Crippen molar-refractivity contribution in [3.63, 3.8) is 0 Å². The van der Waals surface area contributed by atoms with Crippen molar-refractivity contribution in [1.82, 2.24) is 4.31 Å². The topological polar surface area (TPSA) is 75.7 Å². The van der Waals surface area contributed by atoms with Crippen molar-refractivity contribution in [3.05, 3.63) is 83.1 Å². The molecule has 3 rings (SSSR count). The number of anilines is 1. The summed E-state index contributed by atoms with van der Waals surface area (Å²) in [5, 5.41) is 2.41. The molecule has 3 aromatic rings. The van der Waals surface area contributed by atoms with Crippen LogP contribution in [0.2, 0.25) is 0 Å². The maximum atomic E-state index is 14.4. The first-order valence-corrected chi connectivity index (χ1v) is 11.0. The normalized spacial score (nSPS) is 11.3. The van der Waals surface area contributed by atoms with E-state index in [1.54, 1.807) is 36.4 Å². The van der Waals surface area contributed by atoms with Crippen molar-refractivity contribution in [2.75, 3.05) is 18.9 Å². The lowest BCUT2D eigenvalue weighted by atomic mass is 10.2. The SMILES string of the molecule is CN(CC(=O)Nc1c(F)cccc1Oc1ccccc1)S(=O)(=O)c1ccc(Br)cc1. The Bertz CT molecular complexity index is 1140. The van der Waals surface area contributed by atoms with Gasteiger partial charge in [-0.1, -0.05) is 40.2 Å². The lowest BCUT2D eigenvalue weighted by Crippen LogP contribution is -2.35. The van der Waals surface area contributed by atoms with Gasteiger partial charge < -0.3 is 10.1 Å². The quantitative estimate of drug-likeness (QED) is 0.521. The first-order chi connectivity index (χ1) is 14.3. The Balaban J connectivity index is 1.75. The van der Waals surface area contributed by atoms with Crippen molar-refractivity contribution in [2.24, 2.45) is 0 Å². The van der Waals surface area contributed by atoms with Crippen LogP contribution in [0.1, 0.15) is 0 Å². The number of hydrogen-bond donors (Lipinski definition) is 1. The molecule has 0 heterocycles. The number of halogens is 2. The first-order valence-electron chi connectivity index (χ1n) is 8.80. The Labute approximate surface area is 182 Å². The Morgan fingerprint density at radius 2 is 1.70 bits per heavy atom. The number of carbonyl (C=O) groups is 1. The van der Waals surface area contributed by atoms with E-state index in [1.165, 1.54) is 37.4 Å². The number of carbonyl (C=O) groups excluding carboxylic acids is 1. The van der Waals surface area contributed by atoms with E-state index < -0.39 is 28.3 Å². The molecule has 1 N–H and O–H groups in total. The highest BCUT2D eigenvalue weighted by Crippen LogP contribution is 2.31. The van der Waals surface area contributed by atoms with Gasteiger partial charge in [-0.25, -0.2) is 12.8 Å². The van der Waals surface area contributed by atoms with Crippen LogP contribution < -0.4 is 10.1 Å². The van der Waals surface area contributed by atoms with Crippen molar-refractivity contribution < 1.29 is 22.3 Å². The molecule has 3 aromatic carbocycles.